The van der Waals surface area contributed by atoms with E-state index in [1.54, 1.807) is 13.2 Å². The summed E-state index contributed by atoms with van der Waals surface area (Å²) >= 11 is 0. The van der Waals surface area contributed by atoms with Crippen molar-refractivity contribution in [2.45, 2.75) is 12.8 Å². The van der Waals surface area contributed by atoms with Crippen LogP contribution in [-0.2, 0) is 4.79 Å². The van der Waals surface area contributed by atoms with Crippen LogP contribution in [0.2, 0.25) is 0 Å². The number of unbranched alkanes of at least 4 members (excludes halogenated alkanes) is 1. The first-order valence-electron chi connectivity index (χ1n) is 10.3. The maximum absolute atomic E-state index is 10.6. The molecule has 0 saturated carbocycles. The molecule has 0 saturated heterocycles. The van der Waals surface area contributed by atoms with Crippen molar-refractivity contribution in [1.82, 2.24) is 9.97 Å². The Hall–Kier alpha value is -4.13. The second kappa shape index (κ2) is 9.78. The van der Waals surface area contributed by atoms with Crippen LogP contribution in [-0.4, -0.2) is 34.7 Å². The molecular formula is C25H23N3O4. The summed E-state index contributed by atoms with van der Waals surface area (Å²) in [5.74, 6) is 1.23. The summed E-state index contributed by atoms with van der Waals surface area (Å²) in [6, 6.07) is 17.7. The number of anilines is 1. The van der Waals surface area contributed by atoms with Gasteiger partial charge in [0.25, 0.3) is 0 Å². The Balaban J connectivity index is 1.74. The highest BCUT2D eigenvalue weighted by molar-refractivity contribution is 6.05. The van der Waals surface area contributed by atoms with E-state index < -0.39 is 5.97 Å². The van der Waals surface area contributed by atoms with Gasteiger partial charge in [-0.2, -0.15) is 0 Å². The van der Waals surface area contributed by atoms with Gasteiger partial charge in [0, 0.05) is 23.7 Å². The summed E-state index contributed by atoms with van der Waals surface area (Å²) < 4.78 is 11.5. The second-order valence-corrected chi connectivity index (χ2v) is 7.11. The van der Waals surface area contributed by atoms with Crippen LogP contribution < -0.4 is 10.1 Å². The number of furan rings is 1. The monoisotopic (exact) mass is 429 g/mol. The minimum Gasteiger partial charge on any atom is -0.497 e. The lowest BCUT2D eigenvalue weighted by molar-refractivity contribution is -0.131. The zero-order valence-corrected chi connectivity index (χ0v) is 17.6. The number of benzene rings is 2. The van der Waals surface area contributed by atoms with Crippen LogP contribution in [0.5, 0.6) is 5.75 Å². The Morgan fingerprint density at radius 2 is 1.88 bits per heavy atom. The number of methoxy groups -OCH3 is 1. The van der Waals surface area contributed by atoms with Crippen molar-refractivity contribution < 1.29 is 19.1 Å². The molecule has 2 aromatic carbocycles. The first-order valence-corrected chi connectivity index (χ1v) is 10.3. The van der Waals surface area contributed by atoms with E-state index in [4.69, 9.17) is 14.3 Å². The van der Waals surface area contributed by atoms with Crippen LogP contribution in [0.15, 0.2) is 77.5 Å². The third kappa shape index (κ3) is 4.62. The predicted octanol–water partition coefficient (Wildman–Crippen LogP) is 5.40. The Labute approximate surface area is 185 Å². The third-order valence-corrected chi connectivity index (χ3v) is 5.00. The van der Waals surface area contributed by atoms with Crippen LogP contribution in [0.1, 0.15) is 12.8 Å². The summed E-state index contributed by atoms with van der Waals surface area (Å²) in [6.07, 6.45) is 5.70. The Morgan fingerprint density at radius 3 is 2.59 bits per heavy atom. The number of hydrogen-bond donors (Lipinski definition) is 2. The molecule has 0 bridgehead atoms. The molecule has 2 heterocycles. The van der Waals surface area contributed by atoms with E-state index in [2.05, 4.69) is 15.3 Å². The molecular weight excluding hydrogens is 406 g/mol. The molecule has 0 aliphatic carbocycles. The number of allylic oxidation sites excluding steroid dienone is 1. The molecule has 0 fully saturated rings. The molecule has 32 heavy (non-hydrogen) atoms. The number of carbonyl (C=O) groups is 1. The van der Waals surface area contributed by atoms with E-state index in [-0.39, 0.29) is 0 Å². The van der Waals surface area contributed by atoms with Crippen LogP contribution >= 0.6 is 0 Å². The fraction of sp³-hybridized carbons (Fsp3) is 0.160. The molecule has 2 N–H and O–H groups in total. The highest BCUT2D eigenvalue weighted by atomic mass is 16.5. The van der Waals surface area contributed by atoms with Crippen molar-refractivity contribution in [2.75, 3.05) is 19.0 Å². The molecule has 0 atom stereocenters. The van der Waals surface area contributed by atoms with E-state index >= 15 is 0 Å². The van der Waals surface area contributed by atoms with Gasteiger partial charge >= 0.3 is 5.97 Å². The summed E-state index contributed by atoms with van der Waals surface area (Å²) in [7, 11) is 1.64. The first-order chi connectivity index (χ1) is 15.7. The number of ether oxygens (including phenoxy) is 1. The van der Waals surface area contributed by atoms with Gasteiger partial charge in [0.15, 0.2) is 0 Å². The molecule has 4 rings (SSSR count). The minimum absolute atomic E-state index is 0.498. The first kappa shape index (κ1) is 21.1. The summed E-state index contributed by atoms with van der Waals surface area (Å²) in [6.45, 7) is 0.629. The van der Waals surface area contributed by atoms with Gasteiger partial charge in [0.2, 0.25) is 5.71 Å². The predicted molar refractivity (Wildman–Crippen MR) is 124 cm³/mol. The lowest BCUT2D eigenvalue weighted by Crippen LogP contribution is -2.04. The number of carboxylic acid groups (broad SMARTS) is 1. The standard InChI is InChI=1S/C25H23N3O4/c1-31-19-13-11-17(12-14-19)21-22-24(26-15-7-3-6-10-20(29)30)27-16-28-25(22)32-23(21)18-8-4-2-5-9-18/h2,4-6,8-14,16H,3,7,15H2,1H3,(H,29,30)(H,26,27,28)/b10-6+. The van der Waals surface area contributed by atoms with Gasteiger partial charge in [-0.15, -0.1) is 0 Å². The SMILES string of the molecule is COc1ccc(-c2c(-c3ccccc3)oc3ncnc(NCCC/C=C/C(=O)O)c23)cc1. The van der Waals surface area contributed by atoms with Crippen molar-refractivity contribution in [2.24, 2.45) is 0 Å². The minimum atomic E-state index is -0.938. The summed E-state index contributed by atoms with van der Waals surface area (Å²) in [4.78, 5) is 19.4. The maximum Gasteiger partial charge on any atom is 0.327 e. The lowest BCUT2D eigenvalue weighted by Gasteiger charge is -2.09. The molecule has 7 nitrogen and oxygen atoms in total. The number of rotatable bonds is 9. The van der Waals surface area contributed by atoms with Gasteiger partial charge in [0.1, 0.15) is 23.7 Å². The van der Waals surface area contributed by atoms with E-state index in [0.29, 0.717) is 24.5 Å². The van der Waals surface area contributed by atoms with E-state index in [1.165, 1.54) is 6.33 Å². The molecule has 0 radical (unpaired) electrons. The number of aromatic nitrogens is 2. The van der Waals surface area contributed by atoms with Crippen LogP contribution in [0.3, 0.4) is 0 Å². The van der Waals surface area contributed by atoms with E-state index in [9.17, 15) is 4.79 Å². The number of hydrogen-bond acceptors (Lipinski definition) is 6. The Bertz CT molecular complexity index is 1230. The highest BCUT2D eigenvalue weighted by Crippen LogP contribution is 2.42. The maximum atomic E-state index is 10.6. The number of nitrogens with one attached hydrogen (secondary N) is 1. The number of nitrogens with zero attached hydrogens (tertiary/aromatic N) is 2. The second-order valence-electron chi connectivity index (χ2n) is 7.11. The third-order valence-electron chi connectivity index (χ3n) is 5.00. The van der Waals surface area contributed by atoms with E-state index in [1.807, 2.05) is 54.6 Å². The average molecular weight is 429 g/mol. The molecule has 0 amide bonds. The highest BCUT2D eigenvalue weighted by Gasteiger charge is 2.22. The van der Waals surface area contributed by atoms with Gasteiger partial charge in [-0.1, -0.05) is 48.5 Å². The van der Waals surface area contributed by atoms with E-state index in [0.717, 1.165) is 46.1 Å². The molecule has 7 heteroatoms. The van der Waals surface area contributed by atoms with Gasteiger partial charge in [0.05, 0.1) is 12.5 Å². The Kier molecular flexibility index (Phi) is 6.46. The number of fused-ring (bicyclic) bond motifs is 1. The summed E-state index contributed by atoms with van der Waals surface area (Å²) in [5.41, 5.74) is 3.31. The normalized spacial score (nSPS) is 11.2. The van der Waals surface area contributed by atoms with Gasteiger partial charge in [-0.3, -0.25) is 0 Å². The fourth-order valence-corrected chi connectivity index (χ4v) is 3.50. The average Bonchev–Trinajstić information content (AvgIpc) is 3.22. The topological polar surface area (TPSA) is 97.5 Å². The van der Waals surface area contributed by atoms with Crippen LogP contribution in [0.25, 0.3) is 33.6 Å². The molecule has 2 aromatic heterocycles. The largest absolute Gasteiger partial charge is 0.497 e. The quantitative estimate of drug-likeness (QED) is 0.272. The van der Waals surface area contributed by atoms with Gasteiger partial charge in [-0.25, -0.2) is 14.8 Å². The zero-order chi connectivity index (χ0) is 22.3. The van der Waals surface area contributed by atoms with Crippen molar-refractivity contribution in [1.29, 1.82) is 0 Å². The van der Waals surface area contributed by atoms with Crippen LogP contribution in [0, 0.1) is 0 Å². The molecule has 0 spiro atoms. The number of carboxylic acids is 1. The fourth-order valence-electron chi connectivity index (χ4n) is 3.50. The van der Waals surface area contributed by atoms with Crippen LogP contribution in [0.4, 0.5) is 5.82 Å². The lowest BCUT2D eigenvalue weighted by atomic mass is 9.99. The Morgan fingerprint density at radius 1 is 1.09 bits per heavy atom. The van der Waals surface area contributed by atoms with Gasteiger partial charge in [-0.05, 0) is 30.5 Å². The number of aliphatic carboxylic acids is 1. The smallest absolute Gasteiger partial charge is 0.327 e. The van der Waals surface area contributed by atoms with Crippen molar-refractivity contribution in [3.8, 4) is 28.2 Å². The molecule has 0 aliphatic rings. The molecule has 0 aliphatic heterocycles. The van der Waals surface area contributed by atoms with Gasteiger partial charge < -0.3 is 19.6 Å². The molecule has 0 unspecified atom stereocenters. The molecule has 4 aromatic rings. The molecule has 162 valence electrons. The van der Waals surface area contributed by atoms with Crippen molar-refractivity contribution >= 4 is 22.9 Å². The summed E-state index contributed by atoms with van der Waals surface area (Å²) in [5, 5.41) is 12.9. The zero-order valence-electron chi connectivity index (χ0n) is 17.6. The van der Waals surface area contributed by atoms with Crippen molar-refractivity contribution in [3.05, 3.63) is 73.1 Å². The van der Waals surface area contributed by atoms with Crippen molar-refractivity contribution in [3.63, 3.8) is 0 Å².